The summed E-state index contributed by atoms with van der Waals surface area (Å²) in [6.07, 6.45) is 20.1. The van der Waals surface area contributed by atoms with Crippen LogP contribution in [0.15, 0.2) is 36.9 Å². The van der Waals surface area contributed by atoms with Crippen LogP contribution in [0, 0.1) is 0 Å². The Morgan fingerprint density at radius 1 is 0.786 bits per heavy atom. The predicted octanol–water partition coefficient (Wildman–Crippen LogP) is 11.5. The Hall–Kier alpha value is -0.886. The van der Waals surface area contributed by atoms with Crippen molar-refractivity contribution in [1.29, 1.82) is 0 Å². The van der Waals surface area contributed by atoms with Gasteiger partial charge in [-0.25, -0.2) is 0 Å². The lowest BCUT2D eigenvalue weighted by atomic mass is 10.1. The first-order chi connectivity index (χ1) is 19.7. The zero-order valence-corrected chi connectivity index (χ0v) is 31.6. The van der Waals surface area contributed by atoms with E-state index in [-0.39, 0.29) is 5.22 Å². The van der Waals surface area contributed by atoms with Crippen LogP contribution in [-0.4, -0.2) is 51.3 Å². The van der Waals surface area contributed by atoms with Crippen molar-refractivity contribution >= 4 is 16.4 Å². The van der Waals surface area contributed by atoms with Gasteiger partial charge in [0.1, 0.15) is 5.75 Å². The molecule has 0 aliphatic rings. The summed E-state index contributed by atoms with van der Waals surface area (Å²) < 4.78 is 7.21. The number of unbranched alkanes of at least 4 members (excludes halogenated alkanes) is 9. The number of aromatic hydroxyl groups is 1. The second kappa shape index (κ2) is 19.5. The Balaban J connectivity index is 2.62. The van der Waals surface area contributed by atoms with E-state index in [0.717, 1.165) is 19.4 Å². The first-order valence-corrected chi connectivity index (χ1v) is 23.6. The second-order valence-corrected chi connectivity index (χ2v) is 25.3. The van der Waals surface area contributed by atoms with Crippen LogP contribution in [0.1, 0.15) is 124 Å². The van der Waals surface area contributed by atoms with E-state index in [1.165, 1.54) is 102 Å². The van der Waals surface area contributed by atoms with Gasteiger partial charge in [0.2, 0.25) is 0 Å². The van der Waals surface area contributed by atoms with Crippen LogP contribution in [0.4, 0.5) is 0 Å². The van der Waals surface area contributed by atoms with Crippen molar-refractivity contribution in [3.8, 4) is 5.75 Å². The molecule has 244 valence electrons. The minimum Gasteiger partial charge on any atom is -0.508 e. The lowest BCUT2D eigenvalue weighted by Crippen LogP contribution is -2.59. The number of benzene rings is 1. The average Bonchev–Trinajstić information content (AvgIpc) is 2.91. The quantitative estimate of drug-likeness (QED) is 0.0673. The van der Waals surface area contributed by atoms with Gasteiger partial charge in [-0.2, -0.15) is 0 Å². The Bertz CT molecular complexity index is 848. The Morgan fingerprint density at radius 3 is 1.90 bits per heavy atom. The smallest absolute Gasteiger partial charge is 0.192 e. The molecular weight excluding hydrogens is 547 g/mol. The largest absolute Gasteiger partial charge is 0.508 e. The van der Waals surface area contributed by atoms with E-state index in [9.17, 15) is 5.11 Å². The van der Waals surface area contributed by atoms with Gasteiger partial charge in [0.15, 0.2) is 8.32 Å². The highest BCUT2D eigenvalue weighted by Gasteiger charge is 2.48. The predicted molar refractivity (Wildman–Crippen MR) is 193 cm³/mol. The molecule has 0 aromatic heterocycles. The number of nitrogens with zero attached hydrogens (tertiary/aromatic N) is 1. The molecule has 0 amide bonds. The fraction of sp³-hybridized carbons (Fsp3) is 0.784. The van der Waals surface area contributed by atoms with Gasteiger partial charge in [-0.05, 0) is 101 Å². The molecule has 0 saturated heterocycles. The van der Waals surface area contributed by atoms with Crippen LogP contribution in [0.5, 0.6) is 5.75 Å². The number of phenols is 1. The minimum absolute atomic E-state index is 0.00352. The lowest BCUT2D eigenvalue weighted by molar-refractivity contribution is 0.159. The highest BCUT2D eigenvalue weighted by Crippen LogP contribution is 2.46. The maximum absolute atomic E-state index is 9.67. The van der Waals surface area contributed by atoms with Crippen molar-refractivity contribution in [3.63, 3.8) is 0 Å². The number of hydrogen-bond acceptors (Lipinski definition) is 3. The van der Waals surface area contributed by atoms with Crippen LogP contribution in [0.25, 0.3) is 0 Å². The third kappa shape index (κ3) is 14.7. The topological polar surface area (TPSA) is 32.7 Å². The third-order valence-corrected chi connectivity index (χ3v) is 20.2. The normalized spacial score (nSPS) is 13.2. The Kier molecular flexibility index (Phi) is 18.2. The van der Waals surface area contributed by atoms with Gasteiger partial charge in [0, 0.05) is 11.8 Å². The molecule has 1 rings (SSSR count). The van der Waals surface area contributed by atoms with E-state index in [4.69, 9.17) is 4.43 Å². The maximum Gasteiger partial charge on any atom is 0.192 e. The van der Waals surface area contributed by atoms with Gasteiger partial charge >= 0.3 is 0 Å². The average molecular weight is 618 g/mol. The standard InChI is InChI=1S/C37H71NO2Si2/c1-11-13-15-16-17-18-19-20-21-30-38(32-28-34-24-26-35(39)27-25-34)31-22-23-33-41(7,8)37(5,6)40-42(9,10)36(3,4)29-14-12-2/h11,24-27,39H,1,12-23,28-33H2,2-10H3. The molecule has 3 nitrogen and oxygen atoms in total. The molecule has 0 aliphatic heterocycles. The van der Waals surface area contributed by atoms with Crippen molar-refractivity contribution in [2.45, 2.75) is 167 Å². The molecule has 0 bridgehead atoms. The Morgan fingerprint density at radius 2 is 1.33 bits per heavy atom. The SMILES string of the molecule is C=CCCCCCCCCCN(CCCC[Si](C)(C)C(C)(C)O[Si](C)(C)C(C)(C)CCCC)CCc1ccc(O)cc1. The summed E-state index contributed by atoms with van der Waals surface area (Å²) >= 11 is 0. The molecule has 0 aliphatic carbocycles. The number of phenolic OH excluding ortho intramolecular Hbond substituents is 1. The van der Waals surface area contributed by atoms with Crippen LogP contribution >= 0.6 is 0 Å². The van der Waals surface area contributed by atoms with E-state index in [2.05, 4.69) is 84.4 Å². The molecule has 5 heteroatoms. The minimum atomic E-state index is -1.85. The molecule has 0 saturated carbocycles. The molecule has 0 unspecified atom stereocenters. The summed E-state index contributed by atoms with van der Waals surface area (Å²) in [6, 6.07) is 9.12. The molecule has 0 spiro atoms. The highest BCUT2D eigenvalue weighted by atomic mass is 28.4. The molecular formula is C37H71NO2Si2. The van der Waals surface area contributed by atoms with Gasteiger partial charge in [-0.15, -0.1) is 6.58 Å². The van der Waals surface area contributed by atoms with Crippen molar-refractivity contribution < 1.29 is 9.53 Å². The highest BCUT2D eigenvalue weighted by molar-refractivity contribution is 6.82. The summed E-state index contributed by atoms with van der Waals surface area (Å²) in [6.45, 7) is 29.4. The zero-order chi connectivity index (χ0) is 31.7. The van der Waals surface area contributed by atoms with E-state index >= 15 is 0 Å². The van der Waals surface area contributed by atoms with Gasteiger partial charge in [0.05, 0.1) is 8.07 Å². The fourth-order valence-corrected chi connectivity index (χ4v) is 11.8. The lowest BCUT2D eigenvalue weighted by Gasteiger charge is -2.50. The molecule has 0 radical (unpaired) electrons. The summed E-state index contributed by atoms with van der Waals surface area (Å²) in [4.78, 5) is 2.71. The van der Waals surface area contributed by atoms with Crippen molar-refractivity contribution in [2.24, 2.45) is 0 Å². The number of rotatable bonds is 25. The molecule has 1 aromatic rings. The molecule has 42 heavy (non-hydrogen) atoms. The van der Waals surface area contributed by atoms with Crippen molar-refractivity contribution in [3.05, 3.63) is 42.5 Å². The van der Waals surface area contributed by atoms with Crippen molar-refractivity contribution in [2.75, 3.05) is 19.6 Å². The molecule has 0 fully saturated rings. The van der Waals surface area contributed by atoms with Gasteiger partial charge < -0.3 is 14.4 Å². The summed E-state index contributed by atoms with van der Waals surface area (Å²) in [5.41, 5.74) is 1.32. The Labute approximate surface area is 265 Å². The van der Waals surface area contributed by atoms with Crippen LogP contribution in [0.3, 0.4) is 0 Å². The zero-order valence-electron chi connectivity index (χ0n) is 29.6. The molecule has 1 aromatic carbocycles. The van der Waals surface area contributed by atoms with E-state index in [1.54, 1.807) is 0 Å². The fourth-order valence-electron chi connectivity index (χ4n) is 5.83. The van der Waals surface area contributed by atoms with E-state index < -0.39 is 16.4 Å². The summed E-state index contributed by atoms with van der Waals surface area (Å²) in [7, 11) is -3.44. The van der Waals surface area contributed by atoms with Crippen LogP contribution < -0.4 is 0 Å². The van der Waals surface area contributed by atoms with Gasteiger partial charge in [-0.1, -0.05) is 109 Å². The number of hydrogen-bond donors (Lipinski definition) is 1. The summed E-state index contributed by atoms with van der Waals surface area (Å²) in [5, 5.41) is 9.96. The van der Waals surface area contributed by atoms with Gasteiger partial charge in [0.25, 0.3) is 0 Å². The van der Waals surface area contributed by atoms with Gasteiger partial charge in [-0.3, -0.25) is 0 Å². The third-order valence-electron chi connectivity index (χ3n) is 10.5. The monoisotopic (exact) mass is 618 g/mol. The number of allylic oxidation sites excluding steroid dienone is 1. The summed E-state index contributed by atoms with van der Waals surface area (Å²) in [5.74, 6) is 0.356. The second-order valence-electron chi connectivity index (χ2n) is 15.3. The van der Waals surface area contributed by atoms with E-state index in [0.29, 0.717) is 10.8 Å². The first kappa shape index (κ1) is 39.1. The van der Waals surface area contributed by atoms with Crippen molar-refractivity contribution in [1.82, 2.24) is 4.90 Å². The molecule has 0 heterocycles. The first-order valence-electron chi connectivity index (χ1n) is 17.5. The molecule has 1 N–H and O–H groups in total. The van der Waals surface area contributed by atoms with E-state index in [1.807, 2.05) is 18.2 Å². The molecule has 0 atom stereocenters. The maximum atomic E-state index is 9.67. The van der Waals surface area contributed by atoms with Crippen LogP contribution in [0.2, 0.25) is 37.3 Å². The van der Waals surface area contributed by atoms with Crippen LogP contribution in [-0.2, 0) is 10.8 Å².